The molecule has 0 aliphatic carbocycles. The van der Waals surface area contributed by atoms with Gasteiger partial charge in [-0.05, 0) is 41.8 Å². The second-order valence-corrected chi connectivity index (χ2v) is 5.29. The van der Waals surface area contributed by atoms with Crippen molar-refractivity contribution in [3.63, 3.8) is 0 Å². The predicted molar refractivity (Wildman–Crippen MR) is 97.1 cm³/mol. The molecular formula is C18H20N2O2S. The van der Waals surface area contributed by atoms with Crippen LogP contribution in [-0.4, -0.2) is 30.7 Å². The topological polar surface area (TPSA) is 43.4 Å². The van der Waals surface area contributed by atoms with Gasteiger partial charge in [0.05, 0.1) is 19.2 Å². The molecule has 120 valence electrons. The average molecular weight is 328 g/mol. The van der Waals surface area contributed by atoms with E-state index in [0.29, 0.717) is 4.99 Å². The summed E-state index contributed by atoms with van der Waals surface area (Å²) in [5.41, 5.74) is 2.19. The Balaban J connectivity index is 1.82. The highest BCUT2D eigenvalue weighted by Gasteiger charge is 2.04. The fourth-order valence-electron chi connectivity index (χ4n) is 2.07. The molecule has 1 aromatic heterocycles. The fourth-order valence-corrected chi connectivity index (χ4v) is 2.24. The van der Waals surface area contributed by atoms with Gasteiger partial charge in [0.1, 0.15) is 0 Å². The van der Waals surface area contributed by atoms with Gasteiger partial charge in [0.15, 0.2) is 11.5 Å². The molecule has 0 aliphatic rings. The Morgan fingerprint density at radius 3 is 2.74 bits per heavy atom. The summed E-state index contributed by atoms with van der Waals surface area (Å²) in [4.78, 5) is 4.76. The summed E-state index contributed by atoms with van der Waals surface area (Å²) in [5, 5.41) is 3.22. The molecule has 0 spiro atoms. The van der Waals surface area contributed by atoms with Gasteiger partial charge < -0.3 is 14.8 Å². The number of thiocarbonyl (C=S) groups is 1. The number of pyridine rings is 1. The number of rotatable bonds is 7. The number of nitrogens with one attached hydrogen (secondary N) is 1. The molecule has 4 nitrogen and oxygen atoms in total. The molecule has 1 aromatic carbocycles. The van der Waals surface area contributed by atoms with E-state index in [1.54, 1.807) is 26.6 Å². The first-order valence-electron chi connectivity index (χ1n) is 7.30. The molecule has 1 heterocycles. The van der Waals surface area contributed by atoms with Crippen LogP contribution < -0.4 is 14.8 Å². The molecule has 0 amide bonds. The molecule has 0 radical (unpaired) electrons. The maximum absolute atomic E-state index is 5.30. The molecule has 2 rings (SSSR count). The molecule has 5 heteroatoms. The number of benzene rings is 1. The lowest BCUT2D eigenvalue weighted by Gasteiger charge is -2.10. The van der Waals surface area contributed by atoms with E-state index in [1.807, 2.05) is 42.5 Å². The third-order valence-corrected chi connectivity index (χ3v) is 3.55. The van der Waals surface area contributed by atoms with Crippen LogP contribution in [0.2, 0.25) is 0 Å². The first kappa shape index (κ1) is 17.0. The fraction of sp³-hybridized carbons (Fsp3) is 0.222. The lowest BCUT2D eigenvalue weighted by molar-refractivity contribution is 0.354. The van der Waals surface area contributed by atoms with Crippen molar-refractivity contribution >= 4 is 23.3 Å². The first-order valence-corrected chi connectivity index (χ1v) is 7.70. The van der Waals surface area contributed by atoms with E-state index in [-0.39, 0.29) is 0 Å². The second-order valence-electron chi connectivity index (χ2n) is 4.85. The van der Waals surface area contributed by atoms with Gasteiger partial charge in [0.25, 0.3) is 0 Å². The number of ether oxygens (including phenoxy) is 2. The number of methoxy groups -OCH3 is 2. The van der Waals surface area contributed by atoms with Gasteiger partial charge in [-0.25, -0.2) is 0 Å². The maximum atomic E-state index is 5.30. The minimum absolute atomic E-state index is 0.703. The molecule has 0 saturated carbocycles. The van der Waals surface area contributed by atoms with Gasteiger partial charge >= 0.3 is 0 Å². The van der Waals surface area contributed by atoms with Crippen molar-refractivity contribution in [1.82, 2.24) is 10.3 Å². The molecule has 1 N–H and O–H groups in total. The highest BCUT2D eigenvalue weighted by atomic mass is 32.1. The van der Waals surface area contributed by atoms with Crippen molar-refractivity contribution < 1.29 is 9.47 Å². The summed E-state index contributed by atoms with van der Waals surface area (Å²) < 4.78 is 10.5. The molecule has 0 bridgehead atoms. The normalized spacial score (nSPS) is 10.5. The smallest absolute Gasteiger partial charge is 0.160 e. The molecule has 2 aromatic rings. The largest absolute Gasteiger partial charge is 0.493 e. The summed E-state index contributed by atoms with van der Waals surface area (Å²) in [6.45, 7) is 0.756. The van der Waals surface area contributed by atoms with Crippen LogP contribution in [0, 0.1) is 0 Å². The second kappa shape index (κ2) is 8.90. The van der Waals surface area contributed by atoms with E-state index in [1.165, 1.54) is 0 Å². The van der Waals surface area contributed by atoms with Crippen LogP contribution >= 0.6 is 12.2 Å². The lowest BCUT2D eigenvalue weighted by Crippen LogP contribution is -2.21. The van der Waals surface area contributed by atoms with Gasteiger partial charge in [0.2, 0.25) is 0 Å². The van der Waals surface area contributed by atoms with E-state index in [0.717, 1.165) is 35.6 Å². The zero-order valence-corrected chi connectivity index (χ0v) is 14.1. The summed E-state index contributed by atoms with van der Waals surface area (Å²) in [6.07, 6.45) is 8.21. The lowest BCUT2D eigenvalue weighted by atomic mass is 10.1. The highest BCUT2D eigenvalue weighted by Crippen LogP contribution is 2.27. The zero-order chi connectivity index (χ0) is 16.5. The van der Waals surface area contributed by atoms with Crippen molar-refractivity contribution in [2.75, 3.05) is 20.8 Å². The SMILES string of the molecule is COc1ccc(CCNC(=S)C=Cc2cccnc2)cc1OC. The summed E-state index contributed by atoms with van der Waals surface area (Å²) in [5.74, 6) is 1.48. The maximum Gasteiger partial charge on any atom is 0.160 e. The van der Waals surface area contributed by atoms with Crippen LogP contribution in [0.4, 0.5) is 0 Å². The van der Waals surface area contributed by atoms with Gasteiger partial charge in [-0.2, -0.15) is 0 Å². The molecule has 0 aliphatic heterocycles. The van der Waals surface area contributed by atoms with Gasteiger partial charge in [-0.15, -0.1) is 0 Å². The van der Waals surface area contributed by atoms with Crippen molar-refractivity contribution in [1.29, 1.82) is 0 Å². The summed E-state index contributed by atoms with van der Waals surface area (Å²) >= 11 is 5.29. The van der Waals surface area contributed by atoms with Crippen molar-refractivity contribution in [3.8, 4) is 11.5 Å². The van der Waals surface area contributed by atoms with Gasteiger partial charge in [-0.3, -0.25) is 4.98 Å². The summed E-state index contributed by atoms with van der Waals surface area (Å²) in [7, 11) is 3.27. The average Bonchev–Trinajstić information content (AvgIpc) is 2.60. The number of hydrogen-bond acceptors (Lipinski definition) is 4. The quantitative estimate of drug-likeness (QED) is 0.624. The standard InChI is InChI=1S/C18H20N2O2S/c1-21-16-7-5-14(12-17(16)22-2)9-11-20-18(23)8-6-15-4-3-10-19-13-15/h3-8,10,12-13H,9,11H2,1-2H3,(H,20,23). The molecule has 0 atom stereocenters. The monoisotopic (exact) mass is 328 g/mol. The zero-order valence-electron chi connectivity index (χ0n) is 13.3. The van der Waals surface area contributed by atoms with E-state index < -0.39 is 0 Å². The van der Waals surface area contributed by atoms with Crippen molar-refractivity contribution in [3.05, 3.63) is 59.9 Å². The first-order chi connectivity index (χ1) is 11.2. The highest BCUT2D eigenvalue weighted by molar-refractivity contribution is 7.80. The van der Waals surface area contributed by atoms with E-state index in [4.69, 9.17) is 21.7 Å². The van der Waals surface area contributed by atoms with Gasteiger partial charge in [0, 0.05) is 18.9 Å². The van der Waals surface area contributed by atoms with E-state index in [2.05, 4.69) is 10.3 Å². The van der Waals surface area contributed by atoms with E-state index in [9.17, 15) is 0 Å². The third-order valence-electron chi connectivity index (χ3n) is 3.27. The molecular weight excluding hydrogens is 308 g/mol. The van der Waals surface area contributed by atoms with Crippen LogP contribution in [0.5, 0.6) is 11.5 Å². The predicted octanol–water partition coefficient (Wildman–Crippen LogP) is 3.27. The summed E-state index contributed by atoms with van der Waals surface area (Å²) in [6, 6.07) is 9.80. The van der Waals surface area contributed by atoms with Crippen LogP contribution in [0.1, 0.15) is 11.1 Å². The van der Waals surface area contributed by atoms with Crippen LogP contribution in [0.3, 0.4) is 0 Å². The van der Waals surface area contributed by atoms with Crippen LogP contribution in [-0.2, 0) is 6.42 Å². The Bertz CT molecular complexity index is 672. The Morgan fingerprint density at radius 1 is 1.22 bits per heavy atom. The Hall–Kier alpha value is -2.40. The third kappa shape index (κ3) is 5.38. The minimum atomic E-state index is 0.703. The molecule has 0 saturated heterocycles. The Morgan fingerprint density at radius 2 is 2.04 bits per heavy atom. The number of hydrogen-bond donors (Lipinski definition) is 1. The molecule has 0 fully saturated rings. The molecule has 23 heavy (non-hydrogen) atoms. The van der Waals surface area contributed by atoms with Crippen molar-refractivity contribution in [2.45, 2.75) is 6.42 Å². The Labute approximate surface area is 142 Å². The van der Waals surface area contributed by atoms with Crippen molar-refractivity contribution in [2.24, 2.45) is 0 Å². The van der Waals surface area contributed by atoms with Crippen LogP contribution in [0.25, 0.3) is 6.08 Å². The van der Waals surface area contributed by atoms with Crippen LogP contribution in [0.15, 0.2) is 48.8 Å². The minimum Gasteiger partial charge on any atom is -0.493 e. The number of nitrogens with zero attached hydrogens (tertiary/aromatic N) is 1. The molecule has 0 unspecified atom stereocenters. The van der Waals surface area contributed by atoms with E-state index >= 15 is 0 Å². The van der Waals surface area contributed by atoms with Gasteiger partial charge in [-0.1, -0.05) is 30.4 Å². The Kier molecular flexibility index (Phi) is 6.56. The number of aromatic nitrogens is 1.